The first-order valence-electron chi connectivity index (χ1n) is 8.93. The maximum absolute atomic E-state index is 12.4. The molecule has 0 atom stereocenters. The van der Waals surface area contributed by atoms with Gasteiger partial charge in [-0.2, -0.15) is 0 Å². The Morgan fingerprint density at radius 2 is 1.93 bits per heavy atom. The van der Waals surface area contributed by atoms with Crippen LogP contribution in [0, 0.1) is 0 Å². The van der Waals surface area contributed by atoms with Crippen LogP contribution in [0.4, 0.5) is 0 Å². The van der Waals surface area contributed by atoms with Crippen LogP contribution in [-0.2, 0) is 18.8 Å². The third kappa shape index (κ3) is 5.71. The summed E-state index contributed by atoms with van der Waals surface area (Å²) in [6.07, 6.45) is 1.79. The third-order valence-corrected chi connectivity index (χ3v) is 5.71. The molecule has 3 aromatic rings. The van der Waals surface area contributed by atoms with Crippen molar-refractivity contribution >= 4 is 33.6 Å². The first-order valence-corrected chi connectivity index (χ1v) is 10.7. The number of thioether (sulfide) groups is 1. The molecule has 0 saturated carbocycles. The molecule has 0 radical (unpaired) electrons. The predicted octanol–water partition coefficient (Wildman–Crippen LogP) is 4.46. The van der Waals surface area contributed by atoms with Crippen molar-refractivity contribution in [2.24, 2.45) is 0 Å². The van der Waals surface area contributed by atoms with Crippen LogP contribution < -0.4 is 10.1 Å². The van der Waals surface area contributed by atoms with Gasteiger partial charge in [0.15, 0.2) is 11.0 Å². The monoisotopic (exact) mass is 472 g/mol. The topological polar surface area (TPSA) is 69.0 Å². The molecule has 0 aliphatic heterocycles. The molecule has 1 heterocycles. The van der Waals surface area contributed by atoms with Crippen LogP contribution in [0.15, 0.2) is 70.8 Å². The van der Waals surface area contributed by atoms with Crippen LogP contribution in [0.3, 0.4) is 0 Å². The van der Waals surface area contributed by atoms with Crippen LogP contribution in [0.1, 0.15) is 21.7 Å². The number of rotatable bonds is 9. The number of benzene rings is 2. The van der Waals surface area contributed by atoms with Crippen LogP contribution >= 0.6 is 27.7 Å². The predicted molar refractivity (Wildman–Crippen MR) is 118 cm³/mol. The first kappa shape index (κ1) is 21.1. The van der Waals surface area contributed by atoms with E-state index in [1.807, 2.05) is 16.7 Å². The minimum atomic E-state index is -0.176. The molecular weight excluding hydrogens is 452 g/mol. The minimum absolute atomic E-state index is 0.176. The van der Waals surface area contributed by atoms with E-state index in [0.29, 0.717) is 23.7 Å². The Balaban J connectivity index is 1.64. The van der Waals surface area contributed by atoms with E-state index in [-0.39, 0.29) is 12.5 Å². The molecule has 3 rings (SSSR count). The minimum Gasteiger partial charge on any atom is -0.497 e. The molecule has 0 fully saturated rings. The van der Waals surface area contributed by atoms with Crippen molar-refractivity contribution in [1.29, 1.82) is 0 Å². The molecule has 1 aromatic heterocycles. The molecule has 0 saturated heterocycles. The number of halogens is 1. The molecule has 0 spiro atoms. The van der Waals surface area contributed by atoms with Gasteiger partial charge in [-0.25, -0.2) is 0 Å². The second-order valence-electron chi connectivity index (χ2n) is 6.12. The SMILES string of the molecule is C=CCn1c(CNC(=O)c2ccc(OC)cc2)nnc1SCc1ccc(Br)cc1. The van der Waals surface area contributed by atoms with Gasteiger partial charge in [-0.15, -0.1) is 16.8 Å². The highest BCUT2D eigenvalue weighted by molar-refractivity contribution is 9.10. The second-order valence-corrected chi connectivity index (χ2v) is 7.98. The van der Waals surface area contributed by atoms with Crippen LogP contribution in [0.2, 0.25) is 0 Å². The Morgan fingerprint density at radius 3 is 2.59 bits per heavy atom. The lowest BCUT2D eigenvalue weighted by atomic mass is 10.2. The summed E-state index contributed by atoms with van der Waals surface area (Å²) in [4.78, 5) is 12.4. The van der Waals surface area contributed by atoms with E-state index in [1.165, 1.54) is 5.56 Å². The Morgan fingerprint density at radius 1 is 1.21 bits per heavy atom. The fraction of sp³-hybridized carbons (Fsp3) is 0.190. The quantitative estimate of drug-likeness (QED) is 0.367. The molecule has 0 aliphatic rings. The van der Waals surface area contributed by atoms with E-state index < -0.39 is 0 Å². The number of allylic oxidation sites excluding steroid dienone is 1. The zero-order valence-electron chi connectivity index (χ0n) is 16.0. The zero-order chi connectivity index (χ0) is 20.6. The molecule has 8 heteroatoms. The number of nitrogens with zero attached hydrogens (tertiary/aromatic N) is 3. The third-order valence-electron chi connectivity index (χ3n) is 4.15. The van der Waals surface area contributed by atoms with Crippen molar-refractivity contribution in [3.8, 4) is 5.75 Å². The molecule has 0 bridgehead atoms. The van der Waals surface area contributed by atoms with Crippen molar-refractivity contribution < 1.29 is 9.53 Å². The highest BCUT2D eigenvalue weighted by atomic mass is 79.9. The van der Waals surface area contributed by atoms with Gasteiger partial charge in [-0.05, 0) is 42.0 Å². The largest absolute Gasteiger partial charge is 0.497 e. The van der Waals surface area contributed by atoms with E-state index in [1.54, 1.807) is 49.2 Å². The maximum Gasteiger partial charge on any atom is 0.251 e. The maximum atomic E-state index is 12.4. The number of carbonyl (C=O) groups is 1. The van der Waals surface area contributed by atoms with Gasteiger partial charge < -0.3 is 14.6 Å². The number of carbonyl (C=O) groups excluding carboxylic acids is 1. The van der Waals surface area contributed by atoms with E-state index >= 15 is 0 Å². The lowest BCUT2D eigenvalue weighted by Crippen LogP contribution is -2.24. The fourth-order valence-electron chi connectivity index (χ4n) is 2.60. The summed E-state index contributed by atoms with van der Waals surface area (Å²) < 4.78 is 8.13. The number of ether oxygens (including phenoxy) is 1. The molecule has 6 nitrogen and oxygen atoms in total. The van der Waals surface area contributed by atoms with E-state index in [2.05, 4.69) is 50.2 Å². The number of nitrogens with one attached hydrogen (secondary N) is 1. The normalized spacial score (nSPS) is 10.6. The lowest BCUT2D eigenvalue weighted by molar-refractivity contribution is 0.0949. The van der Waals surface area contributed by atoms with Crippen molar-refractivity contribution in [3.05, 3.63) is 82.6 Å². The lowest BCUT2D eigenvalue weighted by Gasteiger charge is -2.09. The van der Waals surface area contributed by atoms with Crippen molar-refractivity contribution in [1.82, 2.24) is 20.1 Å². The van der Waals surface area contributed by atoms with Gasteiger partial charge in [0.1, 0.15) is 5.75 Å². The number of aromatic nitrogens is 3. The Labute approximate surface area is 182 Å². The summed E-state index contributed by atoms with van der Waals surface area (Å²) >= 11 is 5.05. The number of amides is 1. The van der Waals surface area contributed by atoms with E-state index in [4.69, 9.17) is 4.74 Å². The molecule has 1 N–H and O–H groups in total. The van der Waals surface area contributed by atoms with Gasteiger partial charge in [0.2, 0.25) is 0 Å². The second kappa shape index (κ2) is 10.3. The Hall–Kier alpha value is -2.58. The summed E-state index contributed by atoms with van der Waals surface area (Å²) in [5, 5.41) is 12.2. The van der Waals surface area contributed by atoms with Crippen LogP contribution in [-0.4, -0.2) is 27.8 Å². The van der Waals surface area contributed by atoms with E-state index in [0.717, 1.165) is 15.4 Å². The number of methoxy groups -OCH3 is 1. The van der Waals surface area contributed by atoms with Crippen molar-refractivity contribution in [2.45, 2.75) is 24.0 Å². The van der Waals surface area contributed by atoms with Gasteiger partial charge >= 0.3 is 0 Å². The average molecular weight is 473 g/mol. The Bertz CT molecular complexity index is 971. The zero-order valence-corrected chi connectivity index (χ0v) is 18.4. The number of hydrogen-bond donors (Lipinski definition) is 1. The van der Waals surface area contributed by atoms with Gasteiger partial charge in [-0.1, -0.05) is 45.9 Å². The summed E-state index contributed by atoms with van der Waals surface area (Å²) in [5.74, 6) is 2.00. The standard InChI is InChI=1S/C21H21BrN4O2S/c1-3-12-26-19(13-23-20(27)16-6-10-18(28-2)11-7-16)24-25-21(26)29-14-15-4-8-17(22)9-5-15/h3-11H,1,12-14H2,2H3,(H,23,27). The van der Waals surface area contributed by atoms with Crippen molar-refractivity contribution in [2.75, 3.05) is 7.11 Å². The van der Waals surface area contributed by atoms with Crippen LogP contribution in [0.5, 0.6) is 5.75 Å². The van der Waals surface area contributed by atoms with Gasteiger partial charge in [-0.3, -0.25) is 4.79 Å². The molecule has 29 heavy (non-hydrogen) atoms. The van der Waals surface area contributed by atoms with Gasteiger partial charge in [0, 0.05) is 22.3 Å². The summed E-state index contributed by atoms with van der Waals surface area (Å²) in [6.45, 7) is 4.67. The number of hydrogen-bond acceptors (Lipinski definition) is 5. The van der Waals surface area contributed by atoms with Gasteiger partial charge in [0.05, 0.1) is 13.7 Å². The molecule has 0 unspecified atom stereocenters. The molecule has 1 amide bonds. The summed E-state index contributed by atoms with van der Waals surface area (Å²) in [6, 6.07) is 15.1. The fourth-order valence-corrected chi connectivity index (χ4v) is 3.79. The molecule has 150 valence electrons. The summed E-state index contributed by atoms with van der Waals surface area (Å²) in [7, 11) is 1.59. The first-order chi connectivity index (χ1) is 14.1. The average Bonchev–Trinajstić information content (AvgIpc) is 3.13. The highest BCUT2D eigenvalue weighted by Gasteiger charge is 2.14. The molecule has 0 aliphatic carbocycles. The van der Waals surface area contributed by atoms with Crippen molar-refractivity contribution in [3.63, 3.8) is 0 Å². The smallest absolute Gasteiger partial charge is 0.251 e. The van der Waals surface area contributed by atoms with E-state index in [9.17, 15) is 4.79 Å². The van der Waals surface area contributed by atoms with Crippen LogP contribution in [0.25, 0.3) is 0 Å². The summed E-state index contributed by atoms with van der Waals surface area (Å²) in [5.41, 5.74) is 1.76. The highest BCUT2D eigenvalue weighted by Crippen LogP contribution is 2.23. The Kier molecular flexibility index (Phi) is 7.48. The molecule has 2 aromatic carbocycles. The molecular formula is C21H21BrN4O2S. The van der Waals surface area contributed by atoms with Gasteiger partial charge in [0.25, 0.3) is 5.91 Å².